The van der Waals surface area contributed by atoms with Gasteiger partial charge < -0.3 is 20.8 Å². The van der Waals surface area contributed by atoms with E-state index in [0.717, 1.165) is 47.9 Å². The highest BCUT2D eigenvalue weighted by Gasteiger charge is 2.07. The van der Waals surface area contributed by atoms with Crippen LogP contribution in [0.15, 0.2) is 30.6 Å². The largest absolute Gasteiger partial charge is 0.397 e. The van der Waals surface area contributed by atoms with Crippen LogP contribution in [-0.4, -0.2) is 40.2 Å². The zero-order valence-electron chi connectivity index (χ0n) is 12.3. The molecule has 0 aromatic carbocycles. The van der Waals surface area contributed by atoms with Crippen molar-refractivity contribution in [2.75, 3.05) is 31.3 Å². The second-order valence-electron chi connectivity index (χ2n) is 4.92. The van der Waals surface area contributed by atoms with Crippen LogP contribution in [0.25, 0.3) is 22.6 Å². The first kappa shape index (κ1) is 14.3. The summed E-state index contributed by atoms with van der Waals surface area (Å²) in [6, 6.07) is 5.66. The highest BCUT2D eigenvalue weighted by molar-refractivity contribution is 5.78. The van der Waals surface area contributed by atoms with Crippen LogP contribution in [0.2, 0.25) is 0 Å². The summed E-state index contributed by atoms with van der Waals surface area (Å²) in [6.07, 6.45) is 4.29. The van der Waals surface area contributed by atoms with Crippen molar-refractivity contribution in [1.82, 2.24) is 19.9 Å². The van der Waals surface area contributed by atoms with E-state index in [0.29, 0.717) is 5.69 Å². The monoisotopic (exact) mass is 298 g/mol. The topological polar surface area (TPSA) is 102 Å². The molecular formula is C15H18N6O. The lowest BCUT2D eigenvalue weighted by Gasteiger charge is -2.06. The minimum absolute atomic E-state index is 0.598. The Balaban J connectivity index is 1.80. The molecule has 3 aromatic rings. The number of methoxy groups -OCH3 is 1. The number of nitrogens with zero attached hydrogens (tertiary/aromatic N) is 3. The number of nitrogen functional groups attached to an aromatic ring is 1. The van der Waals surface area contributed by atoms with E-state index in [1.165, 1.54) is 0 Å². The van der Waals surface area contributed by atoms with Gasteiger partial charge in [0.05, 0.1) is 11.9 Å². The van der Waals surface area contributed by atoms with E-state index in [1.54, 1.807) is 25.6 Å². The second kappa shape index (κ2) is 6.40. The third kappa shape index (κ3) is 3.15. The fourth-order valence-electron chi connectivity index (χ4n) is 2.16. The van der Waals surface area contributed by atoms with Gasteiger partial charge in [0.15, 0.2) is 5.65 Å². The molecule has 3 heterocycles. The summed E-state index contributed by atoms with van der Waals surface area (Å²) < 4.78 is 5.02. The van der Waals surface area contributed by atoms with Crippen LogP contribution in [0, 0.1) is 0 Å². The molecule has 22 heavy (non-hydrogen) atoms. The Labute approximate surface area is 128 Å². The molecule has 0 radical (unpaired) electrons. The van der Waals surface area contributed by atoms with E-state index in [9.17, 15) is 0 Å². The summed E-state index contributed by atoms with van der Waals surface area (Å²) in [4.78, 5) is 16.2. The van der Waals surface area contributed by atoms with E-state index in [-0.39, 0.29) is 0 Å². The van der Waals surface area contributed by atoms with Crippen molar-refractivity contribution in [2.45, 2.75) is 6.42 Å². The van der Waals surface area contributed by atoms with Crippen LogP contribution in [0.5, 0.6) is 0 Å². The van der Waals surface area contributed by atoms with Crippen molar-refractivity contribution >= 4 is 22.7 Å². The Morgan fingerprint density at radius 2 is 2.23 bits per heavy atom. The van der Waals surface area contributed by atoms with E-state index in [4.69, 9.17) is 10.5 Å². The molecule has 0 aliphatic carbocycles. The number of ether oxygens (including phenoxy) is 1. The SMILES string of the molecule is COCCCNc1cc(-c2nc3cc(N)cnc3[nH]2)ccn1. The van der Waals surface area contributed by atoms with Gasteiger partial charge in [-0.05, 0) is 24.6 Å². The number of aromatic nitrogens is 4. The van der Waals surface area contributed by atoms with E-state index in [2.05, 4.69) is 25.3 Å². The van der Waals surface area contributed by atoms with Crippen molar-refractivity contribution in [3.63, 3.8) is 0 Å². The zero-order chi connectivity index (χ0) is 15.4. The Kier molecular flexibility index (Phi) is 4.15. The predicted octanol–water partition coefficient (Wildman–Crippen LogP) is 2.05. The maximum absolute atomic E-state index is 5.73. The third-order valence-corrected chi connectivity index (χ3v) is 3.22. The number of hydrogen-bond acceptors (Lipinski definition) is 6. The first-order valence-electron chi connectivity index (χ1n) is 7.07. The summed E-state index contributed by atoms with van der Waals surface area (Å²) in [6.45, 7) is 1.53. The summed E-state index contributed by atoms with van der Waals surface area (Å²) >= 11 is 0. The Morgan fingerprint density at radius 1 is 1.32 bits per heavy atom. The summed E-state index contributed by atoms with van der Waals surface area (Å²) in [5.41, 5.74) is 8.74. The molecule has 0 amide bonds. The average Bonchev–Trinajstić information content (AvgIpc) is 2.95. The number of rotatable bonds is 6. The van der Waals surface area contributed by atoms with Gasteiger partial charge in [-0.3, -0.25) is 0 Å². The Hall–Kier alpha value is -2.67. The number of nitrogens with one attached hydrogen (secondary N) is 2. The molecule has 3 aromatic heterocycles. The van der Waals surface area contributed by atoms with Crippen LogP contribution in [0.1, 0.15) is 6.42 Å². The number of hydrogen-bond donors (Lipinski definition) is 3. The van der Waals surface area contributed by atoms with E-state index >= 15 is 0 Å². The maximum atomic E-state index is 5.73. The third-order valence-electron chi connectivity index (χ3n) is 3.22. The van der Waals surface area contributed by atoms with Gasteiger partial charge in [0.2, 0.25) is 0 Å². The molecule has 0 fully saturated rings. The number of nitrogens with two attached hydrogens (primary N) is 1. The number of imidazole rings is 1. The van der Waals surface area contributed by atoms with Crippen molar-refractivity contribution < 1.29 is 4.74 Å². The van der Waals surface area contributed by atoms with Crippen molar-refractivity contribution in [2.24, 2.45) is 0 Å². The highest BCUT2D eigenvalue weighted by Crippen LogP contribution is 2.21. The Morgan fingerprint density at radius 3 is 3.09 bits per heavy atom. The zero-order valence-corrected chi connectivity index (χ0v) is 12.3. The second-order valence-corrected chi connectivity index (χ2v) is 4.92. The molecular weight excluding hydrogens is 280 g/mol. The first-order valence-corrected chi connectivity index (χ1v) is 7.07. The van der Waals surface area contributed by atoms with Crippen molar-refractivity contribution in [3.8, 4) is 11.4 Å². The molecule has 0 bridgehead atoms. The lowest BCUT2D eigenvalue weighted by molar-refractivity contribution is 0.198. The number of pyridine rings is 2. The summed E-state index contributed by atoms with van der Waals surface area (Å²) in [5, 5.41) is 3.26. The molecule has 0 unspecified atom stereocenters. The predicted molar refractivity (Wildman–Crippen MR) is 86.5 cm³/mol. The van der Waals surface area contributed by atoms with Crippen LogP contribution in [0.3, 0.4) is 0 Å². The number of fused-ring (bicyclic) bond motifs is 1. The molecule has 3 rings (SSSR count). The Bertz CT molecular complexity index is 770. The van der Waals surface area contributed by atoms with Gasteiger partial charge in [-0.1, -0.05) is 0 Å². The molecule has 114 valence electrons. The van der Waals surface area contributed by atoms with Gasteiger partial charge in [-0.25, -0.2) is 15.0 Å². The smallest absolute Gasteiger partial charge is 0.157 e. The molecule has 7 nitrogen and oxygen atoms in total. The summed E-state index contributed by atoms with van der Waals surface area (Å²) in [5.74, 6) is 1.55. The van der Waals surface area contributed by atoms with Crippen LogP contribution < -0.4 is 11.1 Å². The molecule has 0 atom stereocenters. The van der Waals surface area contributed by atoms with Gasteiger partial charge >= 0.3 is 0 Å². The molecule has 0 spiro atoms. The standard InChI is InChI=1S/C15H18N6O/c1-22-6-2-4-17-13-7-10(3-5-18-13)14-20-12-8-11(16)9-19-15(12)21-14/h3,5,7-9H,2,4,6,16H2,1H3,(H,17,18)(H,19,20,21). The fraction of sp³-hybridized carbons (Fsp3) is 0.267. The molecule has 0 saturated carbocycles. The number of aromatic amines is 1. The van der Waals surface area contributed by atoms with Gasteiger partial charge in [-0.2, -0.15) is 0 Å². The van der Waals surface area contributed by atoms with E-state index < -0.39 is 0 Å². The van der Waals surface area contributed by atoms with Crippen LogP contribution in [0.4, 0.5) is 11.5 Å². The van der Waals surface area contributed by atoms with Gasteiger partial charge in [0, 0.05) is 32.0 Å². The van der Waals surface area contributed by atoms with Gasteiger partial charge in [0.25, 0.3) is 0 Å². The van der Waals surface area contributed by atoms with Crippen LogP contribution >= 0.6 is 0 Å². The number of anilines is 2. The fourth-order valence-corrected chi connectivity index (χ4v) is 2.16. The molecule has 0 saturated heterocycles. The first-order chi connectivity index (χ1) is 10.8. The summed E-state index contributed by atoms with van der Waals surface area (Å²) in [7, 11) is 1.70. The van der Waals surface area contributed by atoms with Gasteiger partial charge in [0.1, 0.15) is 17.2 Å². The number of H-pyrrole nitrogens is 1. The quantitative estimate of drug-likeness (QED) is 0.602. The van der Waals surface area contributed by atoms with Crippen molar-refractivity contribution in [3.05, 3.63) is 30.6 Å². The minimum Gasteiger partial charge on any atom is -0.397 e. The van der Waals surface area contributed by atoms with Gasteiger partial charge in [-0.15, -0.1) is 0 Å². The lowest BCUT2D eigenvalue weighted by atomic mass is 10.2. The maximum Gasteiger partial charge on any atom is 0.157 e. The van der Waals surface area contributed by atoms with E-state index in [1.807, 2.05) is 12.1 Å². The molecule has 0 aliphatic heterocycles. The average molecular weight is 298 g/mol. The minimum atomic E-state index is 0.598. The normalized spacial score (nSPS) is 11.0. The molecule has 0 aliphatic rings. The molecule has 7 heteroatoms. The van der Waals surface area contributed by atoms with Crippen LogP contribution in [-0.2, 0) is 4.74 Å². The highest BCUT2D eigenvalue weighted by atomic mass is 16.5. The lowest BCUT2D eigenvalue weighted by Crippen LogP contribution is -2.05. The van der Waals surface area contributed by atoms with Crippen molar-refractivity contribution in [1.29, 1.82) is 0 Å². The molecule has 4 N–H and O–H groups in total.